The fourth-order valence-corrected chi connectivity index (χ4v) is 2.97. The van der Waals surface area contributed by atoms with Crippen LogP contribution in [0.15, 0.2) is 35.4 Å². The zero-order valence-electron chi connectivity index (χ0n) is 10.8. The summed E-state index contributed by atoms with van der Waals surface area (Å²) in [6, 6.07) is 6.42. The number of anilines is 1. The van der Waals surface area contributed by atoms with Gasteiger partial charge in [0.05, 0.1) is 11.9 Å². The number of hydrogen-bond donors (Lipinski definition) is 1. The van der Waals surface area contributed by atoms with Crippen molar-refractivity contribution >= 4 is 27.3 Å². The number of nitriles is 1. The Morgan fingerprint density at radius 1 is 1.43 bits per heavy atom. The molecule has 0 unspecified atom stereocenters. The second-order valence-electron chi connectivity index (χ2n) is 4.16. The Bertz CT molecular complexity index is 847. The summed E-state index contributed by atoms with van der Waals surface area (Å²) in [6.07, 6.45) is 1.23. The highest BCUT2D eigenvalue weighted by Crippen LogP contribution is 2.22. The molecule has 0 amide bonds. The average molecular weight is 326 g/mol. The molecule has 1 aromatic carbocycles. The molecule has 8 heteroatoms. The van der Waals surface area contributed by atoms with E-state index in [9.17, 15) is 12.8 Å². The van der Waals surface area contributed by atoms with Gasteiger partial charge in [-0.2, -0.15) is 5.26 Å². The molecule has 2 rings (SSSR count). The topological polar surface area (TPSA) is 82.9 Å². The molecule has 0 aliphatic heterocycles. The summed E-state index contributed by atoms with van der Waals surface area (Å²) >= 11 is 5.76. The fraction of sp³-hybridized carbons (Fsp3) is 0.0769. The van der Waals surface area contributed by atoms with E-state index in [4.69, 9.17) is 16.9 Å². The number of hydrogen-bond acceptors (Lipinski definition) is 4. The molecule has 0 atom stereocenters. The number of aromatic nitrogens is 1. The fourth-order valence-electron chi connectivity index (χ4n) is 1.66. The van der Waals surface area contributed by atoms with Crippen molar-refractivity contribution in [3.05, 3.63) is 52.6 Å². The highest BCUT2D eigenvalue weighted by Gasteiger charge is 2.21. The van der Waals surface area contributed by atoms with Crippen LogP contribution in [-0.2, 0) is 10.0 Å². The Morgan fingerprint density at radius 3 is 2.76 bits per heavy atom. The van der Waals surface area contributed by atoms with Gasteiger partial charge in [0.15, 0.2) is 0 Å². The van der Waals surface area contributed by atoms with Crippen molar-refractivity contribution in [2.24, 2.45) is 0 Å². The molecule has 0 spiro atoms. The van der Waals surface area contributed by atoms with Crippen LogP contribution in [0.1, 0.15) is 11.1 Å². The highest BCUT2D eigenvalue weighted by molar-refractivity contribution is 7.92. The number of pyridine rings is 1. The van der Waals surface area contributed by atoms with Crippen molar-refractivity contribution in [3.8, 4) is 6.07 Å². The number of rotatable bonds is 3. The minimum absolute atomic E-state index is 0.171. The zero-order chi connectivity index (χ0) is 15.6. The molecule has 0 radical (unpaired) electrons. The number of nitrogens with zero attached hydrogens (tertiary/aromatic N) is 2. The smallest absolute Gasteiger partial charge is 0.263 e. The van der Waals surface area contributed by atoms with Crippen LogP contribution >= 0.6 is 11.6 Å². The van der Waals surface area contributed by atoms with E-state index in [0.717, 1.165) is 12.1 Å². The van der Waals surface area contributed by atoms with E-state index in [1.165, 1.54) is 18.3 Å². The maximum atomic E-state index is 13.5. The van der Waals surface area contributed by atoms with Crippen molar-refractivity contribution in [3.63, 3.8) is 0 Å². The van der Waals surface area contributed by atoms with Crippen molar-refractivity contribution < 1.29 is 12.8 Å². The summed E-state index contributed by atoms with van der Waals surface area (Å²) in [5, 5.41) is 9.15. The molecule has 0 saturated carbocycles. The summed E-state index contributed by atoms with van der Waals surface area (Å²) in [5.74, 6) is -0.897. The Kier molecular flexibility index (Phi) is 4.11. The maximum absolute atomic E-state index is 13.5. The molecule has 1 aromatic heterocycles. The number of aryl methyl sites for hydroxylation is 1. The van der Waals surface area contributed by atoms with Gasteiger partial charge in [-0.25, -0.2) is 17.8 Å². The van der Waals surface area contributed by atoms with Crippen LogP contribution in [0.25, 0.3) is 0 Å². The molecule has 0 aliphatic rings. The molecule has 21 heavy (non-hydrogen) atoms. The first-order valence-corrected chi connectivity index (χ1v) is 7.55. The van der Waals surface area contributed by atoms with Gasteiger partial charge in [-0.3, -0.25) is 4.72 Å². The summed E-state index contributed by atoms with van der Waals surface area (Å²) in [4.78, 5) is 3.38. The Hall–Kier alpha value is -2.17. The molecule has 1 heterocycles. The summed E-state index contributed by atoms with van der Waals surface area (Å²) < 4.78 is 40.2. The molecule has 1 N–H and O–H groups in total. The van der Waals surface area contributed by atoms with Crippen LogP contribution in [0.5, 0.6) is 0 Å². The molecular weight excluding hydrogens is 317 g/mol. The maximum Gasteiger partial charge on any atom is 0.263 e. The number of nitrogens with one attached hydrogen (secondary N) is 1. The Labute approximate surface area is 126 Å². The van der Waals surface area contributed by atoms with Gasteiger partial charge in [0, 0.05) is 0 Å². The van der Waals surface area contributed by atoms with Gasteiger partial charge in [0.2, 0.25) is 0 Å². The molecular formula is C13H9ClFN3O2S. The second kappa shape index (κ2) is 5.68. The Balaban J connectivity index is 2.46. The quantitative estimate of drug-likeness (QED) is 0.880. The van der Waals surface area contributed by atoms with Crippen LogP contribution in [0.2, 0.25) is 5.15 Å². The minimum Gasteiger partial charge on any atom is -0.278 e. The van der Waals surface area contributed by atoms with Gasteiger partial charge in [-0.1, -0.05) is 17.7 Å². The van der Waals surface area contributed by atoms with Crippen molar-refractivity contribution in [2.75, 3.05) is 4.72 Å². The summed E-state index contributed by atoms with van der Waals surface area (Å²) in [5.41, 5.74) is 0.213. The first kappa shape index (κ1) is 15.2. The van der Waals surface area contributed by atoms with Gasteiger partial charge in [0.1, 0.15) is 27.5 Å². The van der Waals surface area contributed by atoms with Crippen LogP contribution in [-0.4, -0.2) is 13.4 Å². The summed E-state index contributed by atoms with van der Waals surface area (Å²) in [7, 11) is -4.10. The van der Waals surface area contributed by atoms with Gasteiger partial charge in [0.25, 0.3) is 10.0 Å². The molecule has 0 fully saturated rings. The predicted molar refractivity (Wildman–Crippen MR) is 75.9 cm³/mol. The molecule has 108 valence electrons. The lowest BCUT2D eigenvalue weighted by molar-refractivity contribution is 0.593. The van der Waals surface area contributed by atoms with Crippen LogP contribution in [0, 0.1) is 24.1 Å². The van der Waals surface area contributed by atoms with Gasteiger partial charge in [-0.05, 0) is 30.7 Å². The van der Waals surface area contributed by atoms with E-state index in [1.807, 2.05) is 0 Å². The molecule has 0 aliphatic carbocycles. The van der Waals surface area contributed by atoms with E-state index in [-0.39, 0.29) is 10.8 Å². The first-order chi connectivity index (χ1) is 9.85. The summed E-state index contributed by atoms with van der Waals surface area (Å²) in [6.45, 7) is 1.66. The van der Waals surface area contributed by atoms with E-state index in [1.54, 1.807) is 13.0 Å². The van der Waals surface area contributed by atoms with Crippen molar-refractivity contribution in [1.82, 2.24) is 4.98 Å². The third-order valence-electron chi connectivity index (χ3n) is 2.64. The number of halogens is 2. The van der Waals surface area contributed by atoms with Gasteiger partial charge in [-0.15, -0.1) is 0 Å². The molecule has 0 bridgehead atoms. The van der Waals surface area contributed by atoms with E-state index < -0.39 is 26.3 Å². The number of benzene rings is 1. The lowest BCUT2D eigenvalue weighted by Crippen LogP contribution is -2.15. The minimum atomic E-state index is -4.10. The lowest BCUT2D eigenvalue weighted by Gasteiger charge is -2.10. The second-order valence-corrected chi connectivity index (χ2v) is 6.17. The largest absolute Gasteiger partial charge is 0.278 e. The predicted octanol–water partition coefficient (Wildman–Crippen LogP) is 2.86. The molecule has 5 nitrogen and oxygen atoms in total. The van der Waals surface area contributed by atoms with Crippen LogP contribution in [0.3, 0.4) is 0 Å². The van der Waals surface area contributed by atoms with Crippen LogP contribution < -0.4 is 4.72 Å². The molecule has 2 aromatic rings. The van der Waals surface area contributed by atoms with E-state index in [0.29, 0.717) is 5.56 Å². The van der Waals surface area contributed by atoms with Crippen molar-refractivity contribution in [2.45, 2.75) is 11.8 Å². The van der Waals surface area contributed by atoms with Gasteiger partial charge < -0.3 is 0 Å². The lowest BCUT2D eigenvalue weighted by atomic mass is 10.2. The first-order valence-electron chi connectivity index (χ1n) is 5.69. The Morgan fingerprint density at radius 2 is 2.14 bits per heavy atom. The SMILES string of the molecule is Cc1cc(NS(=O)(=O)c2cccc(F)c2C#N)cnc1Cl. The standard InChI is InChI=1S/C13H9ClFN3O2S/c1-8-5-9(7-17-13(8)14)18-21(19,20)12-4-2-3-11(15)10(12)6-16/h2-5,7,18H,1H3. The average Bonchev–Trinajstić information content (AvgIpc) is 2.42. The zero-order valence-corrected chi connectivity index (χ0v) is 12.3. The van der Waals surface area contributed by atoms with Gasteiger partial charge >= 0.3 is 0 Å². The van der Waals surface area contributed by atoms with E-state index in [2.05, 4.69) is 9.71 Å². The monoisotopic (exact) mass is 325 g/mol. The van der Waals surface area contributed by atoms with Crippen LogP contribution in [0.4, 0.5) is 10.1 Å². The number of sulfonamides is 1. The molecule has 0 saturated heterocycles. The van der Waals surface area contributed by atoms with Crippen molar-refractivity contribution in [1.29, 1.82) is 5.26 Å². The third-order valence-corrected chi connectivity index (χ3v) is 4.46. The normalized spacial score (nSPS) is 11.0. The van der Waals surface area contributed by atoms with E-state index >= 15 is 0 Å². The highest BCUT2D eigenvalue weighted by atomic mass is 35.5. The third kappa shape index (κ3) is 3.12.